The first-order valence-electron chi connectivity index (χ1n) is 11.8. The highest BCUT2D eigenvalue weighted by molar-refractivity contribution is 6.31. The van der Waals surface area contributed by atoms with E-state index >= 15 is 0 Å². The van der Waals surface area contributed by atoms with Gasteiger partial charge in [-0.15, -0.1) is 0 Å². The maximum absolute atomic E-state index is 14.5. The molecule has 0 radical (unpaired) electrons. The molecule has 1 saturated heterocycles. The molecule has 0 unspecified atom stereocenters. The Kier molecular flexibility index (Phi) is 6.76. The number of ether oxygens (including phenoxy) is 1. The molecule has 5 rings (SSSR count). The van der Waals surface area contributed by atoms with Crippen LogP contribution in [0.25, 0.3) is 10.9 Å². The number of hydrogen-bond donors (Lipinski definition) is 1. The van der Waals surface area contributed by atoms with E-state index in [2.05, 4.69) is 39.1 Å². The van der Waals surface area contributed by atoms with Crippen molar-refractivity contribution in [2.75, 3.05) is 39.2 Å². The fraction of sp³-hybridized carbons (Fsp3) is 0.321. The summed E-state index contributed by atoms with van der Waals surface area (Å²) in [5.74, 6) is 7.29. The number of aromatic nitrogens is 2. The molecule has 2 aliphatic rings. The minimum Gasteiger partial charge on any atom is -0.381 e. The lowest BCUT2D eigenvalue weighted by atomic mass is 9.98. The number of anilines is 2. The lowest BCUT2D eigenvalue weighted by Crippen LogP contribution is -2.19. The molecule has 8 heteroatoms. The molecule has 2 atom stereocenters. The van der Waals surface area contributed by atoms with E-state index in [0.29, 0.717) is 29.2 Å². The summed E-state index contributed by atoms with van der Waals surface area (Å²) in [4.78, 5) is 23.8. The standard InChI is InChI=1S/C28H26ClFN4O2/c1-34-15-20-14-28(20,16-34)9-8-18-13-25-22(12-19(18)11-21(35)5-4-10-36-2)27(32-17-31-25)33-24-7-3-6-23(29)26(24)30/h3-7,12-13,17,20H,10-11,14-16H2,1-2H3,(H,31,32,33)/b5-4+/t20-,28+/m1/s1. The van der Waals surface area contributed by atoms with Crippen LogP contribution in [0.2, 0.25) is 5.02 Å². The fourth-order valence-corrected chi connectivity index (χ4v) is 5.06. The van der Waals surface area contributed by atoms with Crippen molar-refractivity contribution in [3.8, 4) is 11.8 Å². The van der Waals surface area contributed by atoms with Crippen molar-refractivity contribution in [3.05, 3.63) is 70.8 Å². The van der Waals surface area contributed by atoms with Gasteiger partial charge >= 0.3 is 0 Å². The maximum atomic E-state index is 14.5. The minimum atomic E-state index is -0.563. The largest absolute Gasteiger partial charge is 0.381 e. The van der Waals surface area contributed by atoms with Gasteiger partial charge in [-0.1, -0.05) is 35.6 Å². The third-order valence-electron chi connectivity index (χ3n) is 6.76. The number of nitrogens with zero attached hydrogens (tertiary/aromatic N) is 3. The van der Waals surface area contributed by atoms with E-state index in [4.69, 9.17) is 16.3 Å². The van der Waals surface area contributed by atoms with E-state index in [9.17, 15) is 9.18 Å². The van der Waals surface area contributed by atoms with E-state index in [1.165, 1.54) is 18.5 Å². The predicted octanol–water partition coefficient (Wildman–Crippen LogP) is 4.78. The van der Waals surface area contributed by atoms with Gasteiger partial charge in [0.05, 0.1) is 22.8 Å². The Morgan fingerprint density at radius 2 is 2.25 bits per heavy atom. The summed E-state index contributed by atoms with van der Waals surface area (Å²) in [7, 11) is 3.70. The molecule has 1 saturated carbocycles. The number of carbonyl (C=O) groups is 1. The molecule has 0 bridgehead atoms. The molecule has 3 aromatic rings. The average molecular weight is 505 g/mol. The third-order valence-corrected chi connectivity index (χ3v) is 7.05. The van der Waals surface area contributed by atoms with Gasteiger partial charge in [0.25, 0.3) is 0 Å². The van der Waals surface area contributed by atoms with Crippen molar-refractivity contribution < 1.29 is 13.9 Å². The summed E-state index contributed by atoms with van der Waals surface area (Å²) in [6, 6.07) is 8.49. The molecule has 2 heterocycles. The number of fused-ring (bicyclic) bond motifs is 2. The predicted molar refractivity (Wildman–Crippen MR) is 139 cm³/mol. The van der Waals surface area contributed by atoms with Gasteiger partial charge in [-0.05, 0) is 55.3 Å². The van der Waals surface area contributed by atoms with E-state index in [1.54, 1.807) is 25.3 Å². The molecular weight excluding hydrogens is 479 g/mol. The van der Waals surface area contributed by atoms with Crippen molar-refractivity contribution >= 4 is 39.8 Å². The number of ketones is 1. The van der Waals surface area contributed by atoms with Crippen molar-refractivity contribution in [2.24, 2.45) is 11.3 Å². The molecule has 36 heavy (non-hydrogen) atoms. The summed E-state index contributed by atoms with van der Waals surface area (Å²) in [6.07, 6.45) is 5.91. The van der Waals surface area contributed by atoms with Gasteiger partial charge in [-0.2, -0.15) is 0 Å². The first-order valence-corrected chi connectivity index (χ1v) is 12.1. The zero-order valence-corrected chi connectivity index (χ0v) is 20.9. The zero-order chi connectivity index (χ0) is 25.3. The molecule has 6 nitrogen and oxygen atoms in total. The molecule has 2 fully saturated rings. The summed E-state index contributed by atoms with van der Waals surface area (Å²) in [5, 5.41) is 3.70. The Morgan fingerprint density at radius 1 is 1.39 bits per heavy atom. The maximum Gasteiger partial charge on any atom is 0.165 e. The number of likely N-dealkylation sites (tertiary alicyclic amines) is 1. The number of halogens is 2. The van der Waals surface area contributed by atoms with Crippen LogP contribution in [0.3, 0.4) is 0 Å². The second-order valence-electron chi connectivity index (χ2n) is 9.48. The highest BCUT2D eigenvalue weighted by Crippen LogP contribution is 2.56. The molecule has 1 aliphatic heterocycles. The quantitative estimate of drug-likeness (QED) is 0.369. The van der Waals surface area contributed by atoms with Gasteiger partial charge in [-0.25, -0.2) is 14.4 Å². The highest BCUT2D eigenvalue weighted by atomic mass is 35.5. The average Bonchev–Trinajstić information content (AvgIpc) is 3.41. The number of hydrogen-bond acceptors (Lipinski definition) is 6. The van der Waals surface area contributed by atoms with Crippen LogP contribution in [0.4, 0.5) is 15.9 Å². The van der Waals surface area contributed by atoms with Crippen molar-refractivity contribution in [2.45, 2.75) is 12.8 Å². The van der Waals surface area contributed by atoms with Crippen LogP contribution >= 0.6 is 11.6 Å². The fourth-order valence-electron chi connectivity index (χ4n) is 4.88. The Hall–Kier alpha value is -3.31. The SMILES string of the molecule is COC/C=C/C(=O)Cc1cc2c(Nc3cccc(Cl)c3F)ncnc2cc1C#C[C@@]12C[C@@H]1CN(C)C2. The zero-order valence-electron chi connectivity index (χ0n) is 20.1. The number of carbonyl (C=O) groups excluding carboxylic acids is 1. The Morgan fingerprint density at radius 3 is 3.03 bits per heavy atom. The van der Waals surface area contributed by atoms with Gasteiger partial charge in [0, 0.05) is 43.0 Å². The van der Waals surface area contributed by atoms with Crippen molar-refractivity contribution in [1.82, 2.24) is 14.9 Å². The number of nitrogens with one attached hydrogen (secondary N) is 1. The summed E-state index contributed by atoms with van der Waals surface area (Å²) in [6.45, 7) is 2.40. The molecule has 1 aromatic heterocycles. The van der Waals surface area contributed by atoms with Crippen LogP contribution in [0.1, 0.15) is 17.5 Å². The molecule has 184 valence electrons. The van der Waals surface area contributed by atoms with Crippen molar-refractivity contribution in [3.63, 3.8) is 0 Å². The van der Waals surface area contributed by atoms with Gasteiger partial charge in [0.15, 0.2) is 11.6 Å². The molecule has 2 aromatic carbocycles. The molecular formula is C28H26ClFN4O2. The minimum absolute atomic E-state index is 0.0142. The Labute approximate surface area is 214 Å². The lowest BCUT2D eigenvalue weighted by Gasteiger charge is -2.12. The van der Waals surface area contributed by atoms with E-state index in [0.717, 1.165) is 30.6 Å². The van der Waals surface area contributed by atoms with Gasteiger partial charge < -0.3 is 15.0 Å². The van der Waals surface area contributed by atoms with Crippen molar-refractivity contribution in [1.29, 1.82) is 0 Å². The number of methoxy groups -OCH3 is 1. The lowest BCUT2D eigenvalue weighted by molar-refractivity contribution is -0.114. The number of piperidine rings is 1. The van der Waals surface area contributed by atoms with Gasteiger partial charge in [0.1, 0.15) is 12.1 Å². The first kappa shape index (κ1) is 24.4. The molecule has 0 spiro atoms. The molecule has 0 amide bonds. The Bertz CT molecular complexity index is 1430. The number of benzene rings is 2. The Balaban J connectivity index is 1.54. The third kappa shape index (κ3) is 4.98. The smallest absolute Gasteiger partial charge is 0.165 e. The van der Waals surface area contributed by atoms with Crippen LogP contribution in [-0.2, 0) is 16.0 Å². The summed E-state index contributed by atoms with van der Waals surface area (Å²) in [5.41, 5.74) is 2.44. The van der Waals surface area contributed by atoms with Crippen LogP contribution in [0.5, 0.6) is 0 Å². The van der Waals surface area contributed by atoms with Gasteiger partial charge in [-0.3, -0.25) is 4.79 Å². The second kappa shape index (κ2) is 9.98. The topological polar surface area (TPSA) is 67.3 Å². The van der Waals surface area contributed by atoms with E-state index in [-0.39, 0.29) is 28.3 Å². The number of rotatable bonds is 7. The van der Waals surface area contributed by atoms with Gasteiger partial charge in [0.2, 0.25) is 0 Å². The second-order valence-corrected chi connectivity index (χ2v) is 9.89. The van der Waals surface area contributed by atoms with Crippen LogP contribution in [-0.4, -0.2) is 54.5 Å². The van der Waals surface area contributed by atoms with Crippen LogP contribution in [0.15, 0.2) is 48.8 Å². The van der Waals surface area contributed by atoms with E-state index < -0.39 is 5.82 Å². The van der Waals surface area contributed by atoms with Crippen LogP contribution < -0.4 is 5.32 Å². The highest BCUT2D eigenvalue weighted by Gasteiger charge is 2.58. The number of allylic oxidation sites excluding steroid dienone is 1. The molecule has 1 aliphatic carbocycles. The normalized spacial score (nSPS) is 20.8. The first-order chi connectivity index (χ1) is 17.4. The summed E-state index contributed by atoms with van der Waals surface area (Å²) < 4.78 is 19.5. The molecule has 1 N–H and O–H groups in total. The summed E-state index contributed by atoms with van der Waals surface area (Å²) >= 11 is 5.95. The monoisotopic (exact) mass is 504 g/mol. The van der Waals surface area contributed by atoms with Crippen LogP contribution in [0, 0.1) is 29.0 Å². The van der Waals surface area contributed by atoms with E-state index in [1.807, 2.05) is 12.1 Å².